The average molecular weight is 320 g/mol. The van der Waals surface area contributed by atoms with Gasteiger partial charge in [-0.1, -0.05) is 19.1 Å². The summed E-state index contributed by atoms with van der Waals surface area (Å²) in [6.07, 6.45) is 1.00. The molecule has 1 N–H and O–H groups in total. The number of nitrogens with one attached hydrogen (secondary N) is 1. The Morgan fingerprint density at radius 1 is 1.39 bits per heavy atom. The second-order valence-corrected chi connectivity index (χ2v) is 6.21. The zero-order valence-corrected chi connectivity index (χ0v) is 14.4. The van der Waals surface area contributed by atoms with Crippen LogP contribution in [-0.4, -0.2) is 50.3 Å². The van der Waals surface area contributed by atoms with E-state index >= 15 is 0 Å². The summed E-state index contributed by atoms with van der Waals surface area (Å²) in [6, 6.07) is 8.60. The highest BCUT2D eigenvalue weighted by molar-refractivity contribution is 5.73. The summed E-state index contributed by atoms with van der Waals surface area (Å²) in [4.78, 5) is 13.4. The molecule has 0 aromatic heterocycles. The zero-order chi connectivity index (χ0) is 16.7. The quantitative estimate of drug-likeness (QED) is 0.781. The Bertz CT molecular complexity index is 507. The Labute approximate surface area is 139 Å². The molecular formula is C18H28N2O3. The summed E-state index contributed by atoms with van der Waals surface area (Å²) < 4.78 is 10.6. The summed E-state index contributed by atoms with van der Waals surface area (Å²) in [7, 11) is 1.67. The van der Waals surface area contributed by atoms with Crippen LogP contribution in [0.25, 0.3) is 0 Å². The summed E-state index contributed by atoms with van der Waals surface area (Å²) in [5, 5.41) is 3.62. The van der Waals surface area contributed by atoms with Crippen molar-refractivity contribution >= 4 is 5.91 Å². The molecule has 0 unspecified atom stereocenters. The van der Waals surface area contributed by atoms with Gasteiger partial charge in [0.05, 0.1) is 6.61 Å². The van der Waals surface area contributed by atoms with Crippen molar-refractivity contribution in [1.29, 1.82) is 0 Å². The van der Waals surface area contributed by atoms with Crippen molar-refractivity contribution in [1.82, 2.24) is 10.2 Å². The van der Waals surface area contributed by atoms with Crippen molar-refractivity contribution in [3.63, 3.8) is 0 Å². The molecule has 1 aliphatic heterocycles. The Hall–Kier alpha value is -1.59. The van der Waals surface area contributed by atoms with Crippen molar-refractivity contribution in [2.45, 2.75) is 32.9 Å². The molecule has 1 aromatic carbocycles. The van der Waals surface area contributed by atoms with Crippen LogP contribution in [0.4, 0.5) is 0 Å². The summed E-state index contributed by atoms with van der Waals surface area (Å²) >= 11 is 0. The lowest BCUT2D eigenvalue weighted by Crippen LogP contribution is -2.49. The van der Waals surface area contributed by atoms with Crippen LogP contribution >= 0.6 is 0 Å². The third kappa shape index (κ3) is 5.52. The van der Waals surface area contributed by atoms with Crippen LogP contribution in [0, 0.1) is 5.92 Å². The molecule has 1 aliphatic rings. The summed E-state index contributed by atoms with van der Waals surface area (Å²) in [5.41, 5.74) is 1.21. The predicted molar refractivity (Wildman–Crippen MR) is 90.5 cm³/mol. The second-order valence-electron chi connectivity index (χ2n) is 6.21. The van der Waals surface area contributed by atoms with E-state index in [1.165, 1.54) is 5.56 Å². The van der Waals surface area contributed by atoms with Gasteiger partial charge in [-0.05, 0) is 30.0 Å². The van der Waals surface area contributed by atoms with Gasteiger partial charge in [-0.25, -0.2) is 0 Å². The first-order chi connectivity index (χ1) is 11.1. The molecule has 5 heteroatoms. The highest BCUT2D eigenvalue weighted by atomic mass is 16.5. The molecule has 0 radical (unpaired) electrons. The van der Waals surface area contributed by atoms with Crippen molar-refractivity contribution in [2.24, 2.45) is 5.92 Å². The summed E-state index contributed by atoms with van der Waals surface area (Å²) in [6.45, 7) is 7.51. The topological polar surface area (TPSA) is 50.8 Å². The van der Waals surface area contributed by atoms with E-state index in [4.69, 9.17) is 9.47 Å². The van der Waals surface area contributed by atoms with Crippen molar-refractivity contribution in [2.75, 3.05) is 33.4 Å². The summed E-state index contributed by atoms with van der Waals surface area (Å²) in [5.74, 6) is 1.52. The molecule has 1 amide bonds. The zero-order valence-electron chi connectivity index (χ0n) is 14.4. The Kier molecular flexibility index (Phi) is 6.86. The monoisotopic (exact) mass is 320 g/mol. The van der Waals surface area contributed by atoms with E-state index in [2.05, 4.69) is 24.4 Å². The number of carbonyl (C=O) groups is 1. The predicted octanol–water partition coefficient (Wildman–Crippen LogP) is 2.06. The van der Waals surface area contributed by atoms with E-state index in [1.54, 1.807) is 14.0 Å². The maximum Gasteiger partial charge on any atom is 0.219 e. The number of likely N-dealkylation sites (tertiary alicyclic amines) is 1. The molecule has 0 bridgehead atoms. The lowest BCUT2D eigenvalue weighted by Gasteiger charge is -2.37. The number of methoxy groups -OCH3 is 1. The number of piperidine rings is 1. The van der Waals surface area contributed by atoms with Crippen molar-refractivity contribution in [3.05, 3.63) is 29.8 Å². The van der Waals surface area contributed by atoms with Gasteiger partial charge in [0.2, 0.25) is 5.91 Å². The number of rotatable bonds is 7. The minimum atomic E-state index is 0.177. The van der Waals surface area contributed by atoms with Gasteiger partial charge in [-0.2, -0.15) is 0 Å². The molecule has 0 spiro atoms. The third-order valence-corrected chi connectivity index (χ3v) is 4.37. The number of hydrogen-bond acceptors (Lipinski definition) is 4. The number of amides is 1. The number of carbonyl (C=O) groups excluding carboxylic acids is 1. The third-order valence-electron chi connectivity index (χ3n) is 4.37. The van der Waals surface area contributed by atoms with E-state index in [1.807, 2.05) is 17.0 Å². The fraction of sp³-hybridized carbons (Fsp3) is 0.611. The number of hydrogen-bond donors (Lipinski definition) is 1. The van der Waals surface area contributed by atoms with E-state index in [-0.39, 0.29) is 5.91 Å². The van der Waals surface area contributed by atoms with Crippen LogP contribution in [0.2, 0.25) is 0 Å². The fourth-order valence-corrected chi connectivity index (χ4v) is 2.97. The molecule has 23 heavy (non-hydrogen) atoms. The van der Waals surface area contributed by atoms with Gasteiger partial charge in [-0.3, -0.25) is 4.79 Å². The first-order valence-corrected chi connectivity index (χ1v) is 8.29. The number of benzene rings is 1. The minimum Gasteiger partial charge on any atom is -0.491 e. The van der Waals surface area contributed by atoms with Gasteiger partial charge < -0.3 is 19.7 Å². The van der Waals surface area contributed by atoms with Crippen LogP contribution in [-0.2, 0) is 16.1 Å². The highest BCUT2D eigenvalue weighted by Crippen LogP contribution is 2.18. The number of ether oxygens (including phenoxy) is 2. The van der Waals surface area contributed by atoms with Crippen LogP contribution in [0.15, 0.2) is 24.3 Å². The van der Waals surface area contributed by atoms with E-state index in [0.29, 0.717) is 25.2 Å². The van der Waals surface area contributed by atoms with Crippen LogP contribution in [0.5, 0.6) is 5.75 Å². The molecule has 0 saturated carbocycles. The molecule has 1 aromatic rings. The SMILES string of the molecule is COCCOc1cccc(CN[C@@H]2CCN(C(C)=O)C[C@@H]2C)c1. The van der Waals surface area contributed by atoms with Gasteiger partial charge in [0.1, 0.15) is 12.4 Å². The van der Waals surface area contributed by atoms with E-state index < -0.39 is 0 Å². The molecule has 1 saturated heterocycles. The molecule has 2 atom stereocenters. The maximum absolute atomic E-state index is 11.5. The van der Waals surface area contributed by atoms with Gasteiger partial charge in [0.15, 0.2) is 0 Å². The Morgan fingerprint density at radius 2 is 2.22 bits per heavy atom. The lowest BCUT2D eigenvalue weighted by molar-refractivity contribution is -0.130. The molecule has 0 aliphatic carbocycles. The molecule has 5 nitrogen and oxygen atoms in total. The fourth-order valence-electron chi connectivity index (χ4n) is 2.97. The molecule has 2 rings (SSSR count). The average Bonchev–Trinajstić information content (AvgIpc) is 2.54. The van der Waals surface area contributed by atoms with Crippen LogP contribution < -0.4 is 10.1 Å². The van der Waals surface area contributed by atoms with Gasteiger partial charge in [0, 0.05) is 39.7 Å². The van der Waals surface area contributed by atoms with Gasteiger partial charge in [0.25, 0.3) is 0 Å². The normalized spacial score (nSPS) is 21.3. The Morgan fingerprint density at radius 3 is 2.91 bits per heavy atom. The van der Waals surface area contributed by atoms with Gasteiger partial charge in [-0.15, -0.1) is 0 Å². The van der Waals surface area contributed by atoms with Crippen molar-refractivity contribution in [3.8, 4) is 5.75 Å². The Balaban J connectivity index is 1.81. The smallest absolute Gasteiger partial charge is 0.219 e. The van der Waals surface area contributed by atoms with Crippen molar-refractivity contribution < 1.29 is 14.3 Å². The van der Waals surface area contributed by atoms with Gasteiger partial charge >= 0.3 is 0 Å². The van der Waals surface area contributed by atoms with Crippen LogP contribution in [0.1, 0.15) is 25.8 Å². The largest absolute Gasteiger partial charge is 0.491 e. The lowest BCUT2D eigenvalue weighted by atomic mass is 9.93. The highest BCUT2D eigenvalue weighted by Gasteiger charge is 2.26. The van der Waals surface area contributed by atoms with Crippen LogP contribution in [0.3, 0.4) is 0 Å². The molecule has 1 heterocycles. The van der Waals surface area contributed by atoms with E-state index in [0.717, 1.165) is 31.8 Å². The second kappa shape index (κ2) is 8.89. The minimum absolute atomic E-state index is 0.177. The first kappa shape index (κ1) is 17.8. The molecule has 1 fully saturated rings. The molecule has 128 valence electrons. The standard InChI is InChI=1S/C18H28N2O3/c1-14-13-20(15(2)21)8-7-18(14)19-12-16-5-4-6-17(11-16)23-10-9-22-3/h4-6,11,14,18-19H,7-10,12-13H2,1-3H3/t14-,18+/m0/s1. The maximum atomic E-state index is 11.5. The number of nitrogens with zero attached hydrogens (tertiary/aromatic N) is 1. The first-order valence-electron chi connectivity index (χ1n) is 8.29. The van der Waals surface area contributed by atoms with E-state index in [9.17, 15) is 4.79 Å². The molecular weight excluding hydrogens is 292 g/mol.